The van der Waals surface area contributed by atoms with E-state index in [0.29, 0.717) is 0 Å². The SMILES string of the molecule is CN(C[C@H](O)[C@@H](O)[C@H](O)[C@H](O)CO)C(O)CC[C@H](N)C(=O)O. The smallest absolute Gasteiger partial charge is 0.320 e. The molecule has 0 radical (unpaired) electrons. The molecule has 0 amide bonds. The average Bonchev–Trinajstić information content (AvgIpc) is 2.49. The number of nitrogens with two attached hydrogens (primary N) is 1. The number of likely N-dealkylation sites (N-methyl/N-ethyl adjacent to an activating group) is 1. The van der Waals surface area contributed by atoms with E-state index in [-0.39, 0.29) is 19.4 Å². The van der Waals surface area contributed by atoms with Crippen LogP contribution in [-0.4, -0.2) is 103 Å². The molecule has 0 aliphatic heterocycles. The average molecular weight is 326 g/mol. The zero-order valence-corrected chi connectivity index (χ0v) is 12.4. The van der Waals surface area contributed by atoms with Gasteiger partial charge >= 0.3 is 5.97 Å². The molecule has 10 nitrogen and oxygen atoms in total. The van der Waals surface area contributed by atoms with Crippen molar-refractivity contribution in [2.75, 3.05) is 20.2 Å². The van der Waals surface area contributed by atoms with E-state index >= 15 is 0 Å². The van der Waals surface area contributed by atoms with Gasteiger partial charge in [0.1, 0.15) is 30.6 Å². The number of carboxylic acids is 1. The molecule has 132 valence electrons. The van der Waals surface area contributed by atoms with Crippen molar-refractivity contribution < 1.29 is 40.5 Å². The van der Waals surface area contributed by atoms with Gasteiger partial charge in [-0.1, -0.05) is 0 Å². The topological polar surface area (TPSA) is 188 Å². The van der Waals surface area contributed by atoms with Gasteiger partial charge in [0.25, 0.3) is 0 Å². The van der Waals surface area contributed by atoms with Crippen LogP contribution in [0.5, 0.6) is 0 Å². The van der Waals surface area contributed by atoms with Gasteiger partial charge in [-0.3, -0.25) is 9.69 Å². The van der Waals surface area contributed by atoms with Crippen LogP contribution in [0.4, 0.5) is 0 Å². The first-order valence-corrected chi connectivity index (χ1v) is 6.81. The van der Waals surface area contributed by atoms with Crippen LogP contribution in [-0.2, 0) is 4.79 Å². The molecule has 0 saturated heterocycles. The molecule has 0 rings (SSSR count). The highest BCUT2D eigenvalue weighted by Crippen LogP contribution is 2.10. The number of hydrogen-bond donors (Lipinski definition) is 8. The van der Waals surface area contributed by atoms with Crippen LogP contribution in [0.1, 0.15) is 12.8 Å². The van der Waals surface area contributed by atoms with Gasteiger partial charge in [-0.05, 0) is 19.9 Å². The van der Waals surface area contributed by atoms with E-state index in [2.05, 4.69) is 0 Å². The molecule has 0 spiro atoms. The van der Waals surface area contributed by atoms with Gasteiger partial charge in [0.15, 0.2) is 0 Å². The normalized spacial score (nSPS) is 20.2. The van der Waals surface area contributed by atoms with E-state index in [0.717, 1.165) is 0 Å². The van der Waals surface area contributed by atoms with Crippen LogP contribution in [0.3, 0.4) is 0 Å². The first kappa shape index (κ1) is 21.1. The third kappa shape index (κ3) is 6.94. The highest BCUT2D eigenvalue weighted by molar-refractivity contribution is 5.72. The minimum Gasteiger partial charge on any atom is -0.480 e. The molecule has 10 heteroatoms. The maximum Gasteiger partial charge on any atom is 0.320 e. The maximum atomic E-state index is 10.6. The number of carboxylic acid groups (broad SMARTS) is 1. The number of aliphatic hydroxyl groups is 6. The largest absolute Gasteiger partial charge is 0.480 e. The van der Waals surface area contributed by atoms with E-state index in [9.17, 15) is 30.3 Å². The Labute approximate surface area is 128 Å². The third-order valence-corrected chi connectivity index (χ3v) is 3.36. The Kier molecular flexibility index (Phi) is 9.64. The predicted molar refractivity (Wildman–Crippen MR) is 74.6 cm³/mol. The van der Waals surface area contributed by atoms with Crippen molar-refractivity contribution in [3.8, 4) is 0 Å². The van der Waals surface area contributed by atoms with Gasteiger partial charge in [-0.15, -0.1) is 0 Å². The summed E-state index contributed by atoms with van der Waals surface area (Å²) >= 11 is 0. The van der Waals surface area contributed by atoms with E-state index in [1.165, 1.54) is 11.9 Å². The molecule has 0 aromatic carbocycles. The Hall–Kier alpha value is -0.850. The lowest BCUT2D eigenvalue weighted by Crippen LogP contribution is -2.50. The molecular weight excluding hydrogens is 300 g/mol. The van der Waals surface area contributed by atoms with Crippen LogP contribution in [0.2, 0.25) is 0 Å². The van der Waals surface area contributed by atoms with Gasteiger partial charge in [0.05, 0.1) is 12.7 Å². The second-order valence-electron chi connectivity index (χ2n) is 5.24. The molecule has 0 saturated carbocycles. The summed E-state index contributed by atoms with van der Waals surface area (Å²) < 4.78 is 0. The molecule has 0 bridgehead atoms. The second kappa shape index (κ2) is 10.0. The molecule has 0 aliphatic rings. The van der Waals surface area contributed by atoms with Crippen LogP contribution in [0.15, 0.2) is 0 Å². The number of aliphatic carboxylic acids is 1. The fraction of sp³-hybridized carbons (Fsp3) is 0.917. The molecule has 22 heavy (non-hydrogen) atoms. The lowest BCUT2D eigenvalue weighted by Gasteiger charge is -2.30. The molecule has 0 aromatic rings. The third-order valence-electron chi connectivity index (χ3n) is 3.36. The Morgan fingerprint density at radius 3 is 2.00 bits per heavy atom. The van der Waals surface area contributed by atoms with Crippen LogP contribution in [0.25, 0.3) is 0 Å². The Balaban J connectivity index is 4.33. The lowest BCUT2D eigenvalue weighted by molar-refractivity contribution is -0.139. The van der Waals surface area contributed by atoms with Gasteiger partial charge in [-0.25, -0.2) is 0 Å². The lowest BCUT2D eigenvalue weighted by atomic mass is 10.0. The van der Waals surface area contributed by atoms with E-state index in [4.69, 9.17) is 15.9 Å². The Morgan fingerprint density at radius 1 is 1.05 bits per heavy atom. The van der Waals surface area contributed by atoms with Crippen LogP contribution in [0, 0.1) is 0 Å². The van der Waals surface area contributed by atoms with Crippen molar-refractivity contribution >= 4 is 5.97 Å². The van der Waals surface area contributed by atoms with E-state index < -0.39 is 49.3 Å². The van der Waals surface area contributed by atoms with Gasteiger partial charge < -0.3 is 41.5 Å². The summed E-state index contributed by atoms with van der Waals surface area (Å²) in [6.45, 7) is -1.03. The Morgan fingerprint density at radius 2 is 1.55 bits per heavy atom. The number of rotatable bonds is 11. The molecular formula is C12H26N2O8. The zero-order chi connectivity index (χ0) is 17.4. The quantitative estimate of drug-likeness (QED) is 0.173. The van der Waals surface area contributed by atoms with Gasteiger partial charge in [0, 0.05) is 6.54 Å². The first-order valence-electron chi connectivity index (χ1n) is 6.81. The number of nitrogens with zero attached hydrogens (tertiary/aromatic N) is 1. The Bertz CT molecular complexity index is 332. The van der Waals surface area contributed by atoms with Crippen molar-refractivity contribution in [1.29, 1.82) is 0 Å². The van der Waals surface area contributed by atoms with E-state index in [1.807, 2.05) is 0 Å². The fourth-order valence-corrected chi connectivity index (χ4v) is 1.76. The monoisotopic (exact) mass is 326 g/mol. The molecule has 0 aromatic heterocycles. The summed E-state index contributed by atoms with van der Waals surface area (Å²) in [5, 5.41) is 65.1. The highest BCUT2D eigenvalue weighted by Gasteiger charge is 2.31. The van der Waals surface area contributed by atoms with Gasteiger partial charge in [-0.2, -0.15) is 0 Å². The van der Waals surface area contributed by atoms with Crippen LogP contribution < -0.4 is 5.73 Å². The van der Waals surface area contributed by atoms with Crippen molar-refractivity contribution in [3.05, 3.63) is 0 Å². The summed E-state index contributed by atoms with van der Waals surface area (Å²) in [5.74, 6) is -1.19. The highest BCUT2D eigenvalue weighted by atomic mass is 16.4. The summed E-state index contributed by atoms with van der Waals surface area (Å²) in [5.41, 5.74) is 5.30. The number of carbonyl (C=O) groups is 1. The fourth-order valence-electron chi connectivity index (χ4n) is 1.76. The minimum absolute atomic E-state index is 0.0192. The number of aliphatic hydroxyl groups excluding tert-OH is 6. The summed E-state index contributed by atoms with van der Waals surface area (Å²) in [7, 11) is 1.42. The van der Waals surface area contributed by atoms with Crippen molar-refractivity contribution in [3.63, 3.8) is 0 Å². The molecule has 0 aliphatic carbocycles. The predicted octanol–water partition coefficient (Wildman–Crippen LogP) is -4.14. The van der Waals surface area contributed by atoms with E-state index in [1.54, 1.807) is 0 Å². The summed E-state index contributed by atoms with van der Waals surface area (Å²) in [6, 6.07) is -1.11. The molecule has 0 fully saturated rings. The zero-order valence-electron chi connectivity index (χ0n) is 12.4. The summed E-state index contributed by atoms with van der Waals surface area (Å²) in [4.78, 5) is 11.8. The molecule has 0 heterocycles. The second-order valence-corrected chi connectivity index (χ2v) is 5.24. The van der Waals surface area contributed by atoms with Gasteiger partial charge in [0.2, 0.25) is 0 Å². The van der Waals surface area contributed by atoms with Crippen molar-refractivity contribution in [2.24, 2.45) is 5.73 Å². The molecule has 9 N–H and O–H groups in total. The number of hydrogen-bond acceptors (Lipinski definition) is 9. The van der Waals surface area contributed by atoms with Crippen LogP contribution >= 0.6 is 0 Å². The summed E-state index contributed by atoms with van der Waals surface area (Å²) in [6.07, 6.45) is -7.62. The maximum absolute atomic E-state index is 10.6. The molecule has 6 atom stereocenters. The first-order chi connectivity index (χ1) is 10.1. The molecule has 1 unspecified atom stereocenters. The minimum atomic E-state index is -1.74. The van der Waals surface area contributed by atoms with Crippen molar-refractivity contribution in [2.45, 2.75) is 49.5 Å². The van der Waals surface area contributed by atoms with Crippen molar-refractivity contribution in [1.82, 2.24) is 4.90 Å². The standard InChI is InChI=1S/C12H26N2O8/c1-14(9(18)3-2-6(13)12(21)22)4-7(16)10(19)11(20)8(17)5-15/h6-11,15-20H,2-5,13H2,1H3,(H,21,22)/t6-,7-,8+,9?,10+,11+/m0/s1.